The van der Waals surface area contributed by atoms with Crippen LogP contribution in [0.15, 0.2) is 67.0 Å². The summed E-state index contributed by atoms with van der Waals surface area (Å²) in [4.78, 5) is 112. The molecule has 3 heterocycles. The molecule has 4 rings (SSSR count). The number of H-pyrrole nitrogens is 1. The van der Waals surface area contributed by atoms with E-state index in [2.05, 4.69) is 36.9 Å². The summed E-state index contributed by atoms with van der Waals surface area (Å²) in [7, 11) is 2.45. The normalized spacial score (nSPS) is 23.7. The number of carboxylic acid groups (broad SMARTS) is 1. The van der Waals surface area contributed by atoms with Gasteiger partial charge in [-0.25, -0.2) is 0 Å². The number of para-hydroxylation sites is 1. The van der Waals surface area contributed by atoms with Crippen molar-refractivity contribution in [1.82, 2.24) is 46.7 Å². The average Bonchev–Trinajstić information content (AvgIpc) is 3.87. The van der Waals surface area contributed by atoms with Crippen molar-refractivity contribution in [2.24, 2.45) is 11.5 Å². The van der Waals surface area contributed by atoms with Crippen LogP contribution < -0.4 is 43.4 Å². The Balaban J connectivity index is 1.52. The molecule has 0 bridgehead atoms. The number of fused-ring (bicyclic) bond motifs is 1. The van der Waals surface area contributed by atoms with Crippen LogP contribution in [0.2, 0.25) is 0 Å². The Morgan fingerprint density at radius 3 is 2.42 bits per heavy atom. The SMILES string of the molecule is CC1NC(=O)C(CC(=O)O)NC(=O)CNC(=O)C(CCCCN2C=CN/C2=C\C=C/N)NC(=O)CCSSCC(C(N)=O)NC(=O)C(C)N(CCc2c[nH]c3ccccc23)C1=O. The van der Waals surface area contributed by atoms with Crippen LogP contribution in [0.4, 0.5) is 0 Å². The number of hydrogen-bond acceptors (Lipinski definition) is 13. The topological polar surface area (TPSA) is 303 Å². The molecule has 12 N–H and O–H groups in total. The number of carbonyl (C=O) groups excluding carboxylic acids is 7. The van der Waals surface area contributed by atoms with Gasteiger partial charge in [0.15, 0.2) is 0 Å². The number of aliphatic carboxylic acids is 1. The predicted octanol–water partition coefficient (Wildman–Crippen LogP) is -0.392. The summed E-state index contributed by atoms with van der Waals surface area (Å²) >= 11 is 0. The van der Waals surface area contributed by atoms with Gasteiger partial charge in [-0.3, -0.25) is 38.4 Å². The predicted molar refractivity (Wildman–Crippen MR) is 235 cm³/mol. The average molecular weight is 898 g/mol. The van der Waals surface area contributed by atoms with Crippen molar-refractivity contribution in [2.75, 3.05) is 31.1 Å². The Kier molecular flexibility index (Phi) is 19.0. The minimum absolute atomic E-state index is 0.00202. The van der Waals surface area contributed by atoms with E-state index >= 15 is 0 Å². The lowest BCUT2D eigenvalue weighted by molar-refractivity contribution is -0.144. The van der Waals surface area contributed by atoms with E-state index in [4.69, 9.17) is 11.5 Å². The highest BCUT2D eigenvalue weighted by molar-refractivity contribution is 8.76. The van der Waals surface area contributed by atoms with Crippen molar-refractivity contribution in [3.63, 3.8) is 0 Å². The number of allylic oxidation sites excluding steroid dienone is 2. The van der Waals surface area contributed by atoms with E-state index in [0.29, 0.717) is 19.4 Å². The minimum atomic E-state index is -1.66. The smallest absolute Gasteiger partial charge is 0.305 e. The number of unbranched alkanes of at least 4 members (excludes halogenated alkanes) is 1. The maximum atomic E-state index is 14.1. The Morgan fingerprint density at radius 2 is 1.68 bits per heavy atom. The van der Waals surface area contributed by atoms with Crippen LogP contribution in [0.1, 0.15) is 51.5 Å². The second-order valence-corrected chi connectivity index (χ2v) is 17.1. The summed E-state index contributed by atoms with van der Waals surface area (Å²) in [6, 6.07) is 1.18. The van der Waals surface area contributed by atoms with Crippen LogP contribution in [0.3, 0.4) is 0 Å². The highest BCUT2D eigenvalue weighted by Crippen LogP contribution is 2.23. The van der Waals surface area contributed by atoms with Crippen molar-refractivity contribution in [3.05, 3.63) is 72.6 Å². The summed E-state index contributed by atoms with van der Waals surface area (Å²) < 4.78 is 0. The van der Waals surface area contributed by atoms with E-state index in [1.807, 2.05) is 35.4 Å². The molecule has 1 aromatic carbocycles. The van der Waals surface area contributed by atoms with Gasteiger partial charge in [0, 0.05) is 60.5 Å². The van der Waals surface area contributed by atoms with Gasteiger partial charge in [0.05, 0.1) is 13.0 Å². The van der Waals surface area contributed by atoms with Gasteiger partial charge >= 0.3 is 5.97 Å². The lowest BCUT2D eigenvalue weighted by Crippen LogP contribution is -2.59. The molecule has 62 heavy (non-hydrogen) atoms. The molecule has 0 spiro atoms. The fraction of sp³-hybridized carbons (Fsp3) is 0.450. The first-order valence-electron chi connectivity index (χ1n) is 20.0. The fourth-order valence-electron chi connectivity index (χ4n) is 6.58. The summed E-state index contributed by atoms with van der Waals surface area (Å²) in [5, 5.41) is 26.2. The maximum Gasteiger partial charge on any atom is 0.305 e. The maximum absolute atomic E-state index is 14.1. The monoisotopic (exact) mass is 897 g/mol. The first-order chi connectivity index (χ1) is 29.7. The molecule has 1 aromatic heterocycles. The minimum Gasteiger partial charge on any atom is -0.481 e. The van der Waals surface area contributed by atoms with E-state index < -0.39 is 90.5 Å². The molecule has 0 saturated carbocycles. The van der Waals surface area contributed by atoms with Gasteiger partial charge in [-0.05, 0) is 69.5 Å². The van der Waals surface area contributed by atoms with Gasteiger partial charge in [0.1, 0.15) is 36.0 Å². The first-order valence-corrected chi connectivity index (χ1v) is 22.5. The van der Waals surface area contributed by atoms with Crippen LogP contribution in [0.25, 0.3) is 10.9 Å². The Hall–Kier alpha value is -6.16. The number of aromatic nitrogens is 1. The van der Waals surface area contributed by atoms with Crippen molar-refractivity contribution in [3.8, 4) is 0 Å². The van der Waals surface area contributed by atoms with Crippen molar-refractivity contribution < 1.29 is 43.5 Å². The second kappa shape index (κ2) is 24.3. The fourth-order valence-corrected chi connectivity index (χ4v) is 8.75. The number of carbonyl (C=O) groups is 8. The molecule has 2 aromatic rings. The highest BCUT2D eigenvalue weighted by atomic mass is 33.1. The first kappa shape index (κ1) is 48.5. The summed E-state index contributed by atoms with van der Waals surface area (Å²) in [5.74, 6) is -5.58. The number of nitrogens with one attached hydrogen (secondary N) is 7. The standard InChI is InChI=1S/C40H55N11O9S2/c1-24-40(60)51(17-12-26-21-44-28-9-4-3-8-27(26)28)25(2)37(57)49-31(36(42)56)23-62-61-19-13-33(52)47-29(10-5-6-16-50-18-15-43-32(50)11-7-14-41)38(58)45-22-34(53)48-30(20-35(54)55)39(59)46-24/h3-4,7-9,11,14-15,18,21,24-25,29-31,43-44H,5-6,10,12-13,16-17,19-20,22-23,41H2,1-2H3,(H2,42,56)(H,45,58)(H,46,59)(H,47,52)(H,48,53)(H,49,57)(H,54,55)/b14-7-,32-11+. The van der Waals surface area contributed by atoms with Gasteiger partial charge in [0.25, 0.3) is 0 Å². The molecule has 5 unspecified atom stereocenters. The van der Waals surface area contributed by atoms with E-state index in [1.165, 1.54) is 46.5 Å². The molecule has 5 atom stereocenters. The Bertz CT molecular complexity index is 2040. The van der Waals surface area contributed by atoms with Crippen LogP contribution in [-0.2, 0) is 44.8 Å². The zero-order valence-corrected chi connectivity index (χ0v) is 36.2. The number of amides is 7. The third-order valence-corrected chi connectivity index (χ3v) is 12.4. The van der Waals surface area contributed by atoms with Gasteiger partial charge in [-0.1, -0.05) is 39.8 Å². The third kappa shape index (κ3) is 14.8. The van der Waals surface area contributed by atoms with Gasteiger partial charge in [0.2, 0.25) is 41.4 Å². The van der Waals surface area contributed by atoms with Crippen LogP contribution in [-0.4, -0.2) is 129 Å². The molecular weight excluding hydrogens is 843 g/mol. The van der Waals surface area contributed by atoms with Crippen LogP contribution in [0.5, 0.6) is 0 Å². The molecule has 1 fully saturated rings. The molecule has 336 valence electrons. The van der Waals surface area contributed by atoms with E-state index in [9.17, 15) is 43.5 Å². The number of benzene rings is 1. The number of nitrogens with two attached hydrogens (primary N) is 2. The molecule has 1 saturated heterocycles. The molecule has 0 aliphatic carbocycles. The number of aromatic amines is 1. The van der Waals surface area contributed by atoms with Crippen molar-refractivity contribution >= 4 is 79.8 Å². The molecule has 0 radical (unpaired) electrons. The highest BCUT2D eigenvalue weighted by Gasteiger charge is 2.34. The Labute approximate surface area is 366 Å². The molecule has 20 nitrogen and oxygen atoms in total. The number of primary amides is 1. The molecule has 2 aliphatic heterocycles. The molecule has 7 amide bonds. The van der Waals surface area contributed by atoms with E-state index in [0.717, 1.165) is 22.3 Å². The zero-order valence-electron chi connectivity index (χ0n) is 34.5. The van der Waals surface area contributed by atoms with Gasteiger partial charge < -0.3 is 63.3 Å². The second-order valence-electron chi connectivity index (χ2n) is 14.5. The third-order valence-electron chi connectivity index (χ3n) is 9.95. The van der Waals surface area contributed by atoms with Gasteiger partial charge in [-0.15, -0.1) is 0 Å². The molecule has 22 heteroatoms. The summed E-state index contributed by atoms with van der Waals surface area (Å²) in [6.45, 7) is 2.74. The van der Waals surface area contributed by atoms with Crippen molar-refractivity contribution in [1.29, 1.82) is 0 Å². The molecular formula is C40H55N11O9S2. The largest absolute Gasteiger partial charge is 0.481 e. The summed E-state index contributed by atoms with van der Waals surface area (Å²) in [5.41, 5.74) is 12.8. The number of nitrogens with zero attached hydrogens (tertiary/aromatic N) is 2. The number of hydrogen-bond donors (Lipinski definition) is 10. The van der Waals surface area contributed by atoms with Crippen LogP contribution >= 0.6 is 21.6 Å². The van der Waals surface area contributed by atoms with Gasteiger partial charge in [-0.2, -0.15) is 0 Å². The lowest BCUT2D eigenvalue weighted by atomic mass is 10.1. The van der Waals surface area contributed by atoms with Crippen molar-refractivity contribution in [2.45, 2.75) is 82.6 Å². The Morgan fingerprint density at radius 1 is 0.919 bits per heavy atom. The van der Waals surface area contributed by atoms with E-state index in [1.54, 1.807) is 24.5 Å². The number of carboxylic acids is 1. The number of rotatable bonds is 12. The lowest BCUT2D eigenvalue weighted by Gasteiger charge is -2.32. The zero-order chi connectivity index (χ0) is 45.2. The molecule has 2 aliphatic rings. The van der Waals surface area contributed by atoms with E-state index in [-0.39, 0.29) is 37.3 Å². The summed E-state index contributed by atoms with van der Waals surface area (Å²) in [6.07, 6.45) is 11.0. The van der Waals surface area contributed by atoms with Crippen LogP contribution in [0, 0.1) is 0 Å². The quantitative estimate of drug-likeness (QED) is 0.0959.